The van der Waals surface area contributed by atoms with E-state index in [2.05, 4.69) is 69.4 Å². The first-order valence-corrected chi connectivity index (χ1v) is 34.1. The highest BCUT2D eigenvalue weighted by Gasteiger charge is 2.19. The number of hydrogen-bond acceptors (Lipinski definition) is 6. The van der Waals surface area contributed by atoms with Gasteiger partial charge in [0.05, 0.1) is 0 Å². The maximum absolute atomic E-state index is 12.8. The largest absolute Gasteiger partial charge is 0.462 e. The van der Waals surface area contributed by atoms with Gasteiger partial charge in [0.15, 0.2) is 6.10 Å². The summed E-state index contributed by atoms with van der Waals surface area (Å²) in [5, 5.41) is 0. The molecule has 0 bridgehead atoms. The van der Waals surface area contributed by atoms with Crippen molar-refractivity contribution in [2.24, 2.45) is 0 Å². The van der Waals surface area contributed by atoms with Crippen LogP contribution >= 0.6 is 0 Å². The third-order valence-electron chi connectivity index (χ3n) is 15.3. The van der Waals surface area contributed by atoms with Crippen LogP contribution in [-0.4, -0.2) is 37.2 Å². The number of allylic oxidation sites excluding steroid dienone is 8. The van der Waals surface area contributed by atoms with E-state index in [1.54, 1.807) is 0 Å². The van der Waals surface area contributed by atoms with Crippen LogP contribution in [-0.2, 0) is 28.6 Å². The molecule has 0 aromatic carbocycles. The van der Waals surface area contributed by atoms with Gasteiger partial charge in [0.25, 0.3) is 0 Å². The molecule has 6 nitrogen and oxygen atoms in total. The fourth-order valence-corrected chi connectivity index (χ4v) is 10.3. The molecule has 0 spiro atoms. The Balaban J connectivity index is 3.90. The summed E-state index contributed by atoms with van der Waals surface area (Å²) in [6, 6.07) is 0. The summed E-state index contributed by atoms with van der Waals surface area (Å²) in [5.41, 5.74) is 0. The molecule has 0 aliphatic heterocycles. The van der Waals surface area contributed by atoms with Gasteiger partial charge in [-0.05, 0) is 57.8 Å². The molecule has 0 aliphatic carbocycles. The maximum Gasteiger partial charge on any atom is 0.306 e. The van der Waals surface area contributed by atoms with E-state index in [-0.39, 0.29) is 31.1 Å². The van der Waals surface area contributed by atoms with Gasteiger partial charge in [0.1, 0.15) is 13.2 Å². The highest BCUT2D eigenvalue weighted by atomic mass is 16.6. The van der Waals surface area contributed by atoms with E-state index in [1.807, 2.05) is 0 Å². The monoisotopic (exact) mass is 1080 g/mol. The lowest BCUT2D eigenvalue weighted by Gasteiger charge is -2.18. The summed E-state index contributed by atoms with van der Waals surface area (Å²) < 4.78 is 16.8. The zero-order valence-electron chi connectivity index (χ0n) is 51.7. The molecule has 0 rings (SSSR count). The first kappa shape index (κ1) is 74.4. The summed E-state index contributed by atoms with van der Waals surface area (Å²) >= 11 is 0. The van der Waals surface area contributed by atoms with Gasteiger partial charge >= 0.3 is 17.9 Å². The van der Waals surface area contributed by atoms with Crippen LogP contribution in [0.3, 0.4) is 0 Å². The van der Waals surface area contributed by atoms with Gasteiger partial charge in [0, 0.05) is 19.3 Å². The lowest BCUT2D eigenvalue weighted by atomic mass is 10.0. The van der Waals surface area contributed by atoms with Gasteiger partial charge in [-0.1, -0.05) is 339 Å². The first-order chi connectivity index (χ1) is 38.0. The molecular weight excluding hydrogens is 949 g/mol. The van der Waals surface area contributed by atoms with Crippen molar-refractivity contribution in [2.75, 3.05) is 13.2 Å². The molecule has 0 radical (unpaired) electrons. The number of carbonyl (C=O) groups excluding carboxylic acids is 3. The SMILES string of the molecule is CC/C=C\C/C=C\C/C=C\C/C=C\CCCCCCCCCCCCCCCCCCCCCCCCC(=O)OCC(COC(=O)CCCCCCCC)OC(=O)CCCCCCCCCCCCCCCCCCCC. The number of unbranched alkanes of at least 4 members (excludes halogenated alkanes) is 44. The highest BCUT2D eigenvalue weighted by molar-refractivity contribution is 5.71. The van der Waals surface area contributed by atoms with Crippen LogP contribution in [0.15, 0.2) is 48.6 Å². The van der Waals surface area contributed by atoms with Gasteiger partial charge in [-0.3, -0.25) is 14.4 Å². The van der Waals surface area contributed by atoms with E-state index >= 15 is 0 Å². The van der Waals surface area contributed by atoms with Crippen LogP contribution in [0.2, 0.25) is 0 Å². The lowest BCUT2D eigenvalue weighted by molar-refractivity contribution is -0.167. The quantitative estimate of drug-likeness (QED) is 0.0261. The zero-order valence-corrected chi connectivity index (χ0v) is 51.7. The second-order valence-corrected chi connectivity index (χ2v) is 23.1. The average Bonchev–Trinajstić information content (AvgIpc) is 3.43. The van der Waals surface area contributed by atoms with Gasteiger partial charge in [-0.2, -0.15) is 0 Å². The van der Waals surface area contributed by atoms with Crippen LogP contribution in [0.25, 0.3) is 0 Å². The molecule has 0 aromatic rings. The average molecular weight is 1080 g/mol. The Kier molecular flexibility index (Phi) is 63.6. The van der Waals surface area contributed by atoms with Crippen molar-refractivity contribution in [2.45, 2.75) is 374 Å². The Morgan fingerprint density at radius 2 is 0.506 bits per heavy atom. The van der Waals surface area contributed by atoms with Crippen molar-refractivity contribution in [1.82, 2.24) is 0 Å². The molecule has 450 valence electrons. The molecule has 6 heteroatoms. The third kappa shape index (κ3) is 64.1. The molecule has 77 heavy (non-hydrogen) atoms. The predicted molar refractivity (Wildman–Crippen MR) is 335 cm³/mol. The molecule has 0 heterocycles. The Hall–Kier alpha value is -2.63. The van der Waals surface area contributed by atoms with Crippen molar-refractivity contribution < 1.29 is 28.6 Å². The minimum Gasteiger partial charge on any atom is -0.462 e. The molecule has 0 saturated heterocycles. The van der Waals surface area contributed by atoms with E-state index in [0.29, 0.717) is 19.3 Å². The maximum atomic E-state index is 12.8. The fraction of sp³-hybridized carbons (Fsp3) is 0.845. The summed E-state index contributed by atoms with van der Waals surface area (Å²) in [5.74, 6) is -0.850. The Morgan fingerprint density at radius 3 is 0.792 bits per heavy atom. The number of esters is 3. The zero-order chi connectivity index (χ0) is 55.7. The summed E-state index contributed by atoms with van der Waals surface area (Å²) in [6.45, 7) is 6.53. The van der Waals surface area contributed by atoms with Crippen LogP contribution < -0.4 is 0 Å². The van der Waals surface area contributed by atoms with E-state index in [4.69, 9.17) is 14.2 Å². The fourth-order valence-electron chi connectivity index (χ4n) is 10.3. The minimum absolute atomic E-state index is 0.0656. The molecule has 0 saturated carbocycles. The van der Waals surface area contributed by atoms with E-state index in [9.17, 15) is 14.4 Å². The van der Waals surface area contributed by atoms with Crippen molar-refractivity contribution in [3.8, 4) is 0 Å². The molecule has 0 N–H and O–H groups in total. The van der Waals surface area contributed by atoms with Gasteiger partial charge in [0.2, 0.25) is 0 Å². The van der Waals surface area contributed by atoms with Crippen LogP contribution in [0, 0.1) is 0 Å². The minimum atomic E-state index is -0.764. The number of ether oxygens (including phenoxy) is 3. The summed E-state index contributed by atoms with van der Waals surface area (Å²) in [6.07, 6.45) is 83.3. The Bertz CT molecular complexity index is 1330. The molecular formula is C71H130O6. The molecule has 1 unspecified atom stereocenters. The Morgan fingerprint density at radius 1 is 0.273 bits per heavy atom. The van der Waals surface area contributed by atoms with Crippen LogP contribution in [0.4, 0.5) is 0 Å². The van der Waals surface area contributed by atoms with Crippen molar-refractivity contribution in [3.05, 3.63) is 48.6 Å². The lowest BCUT2D eigenvalue weighted by Crippen LogP contribution is -2.30. The van der Waals surface area contributed by atoms with E-state index in [1.165, 1.54) is 244 Å². The van der Waals surface area contributed by atoms with Gasteiger partial charge in [-0.15, -0.1) is 0 Å². The summed E-state index contributed by atoms with van der Waals surface area (Å²) in [4.78, 5) is 38.0. The third-order valence-corrected chi connectivity index (χ3v) is 15.3. The highest BCUT2D eigenvalue weighted by Crippen LogP contribution is 2.18. The first-order valence-electron chi connectivity index (χ1n) is 34.1. The van der Waals surface area contributed by atoms with Gasteiger partial charge < -0.3 is 14.2 Å². The normalized spacial score (nSPS) is 12.3. The number of carbonyl (C=O) groups is 3. The predicted octanol–water partition coefficient (Wildman–Crippen LogP) is 23.3. The van der Waals surface area contributed by atoms with Crippen LogP contribution in [0.5, 0.6) is 0 Å². The second kappa shape index (κ2) is 65.9. The van der Waals surface area contributed by atoms with Crippen LogP contribution in [0.1, 0.15) is 367 Å². The van der Waals surface area contributed by atoms with E-state index < -0.39 is 6.10 Å². The topological polar surface area (TPSA) is 78.9 Å². The number of rotatable bonds is 63. The summed E-state index contributed by atoms with van der Waals surface area (Å²) in [7, 11) is 0. The number of hydrogen-bond donors (Lipinski definition) is 0. The second-order valence-electron chi connectivity index (χ2n) is 23.1. The standard InChI is InChI=1S/C71H130O6/c1-4-7-10-13-16-18-20-22-24-26-28-29-30-31-32-33-34-35-36-37-38-39-40-41-42-43-44-46-47-49-51-53-55-58-61-64-70(73)76-67-68(66-75-69(72)63-60-57-15-12-9-6-3)77-71(74)65-62-59-56-54-52-50-48-45-27-25-23-21-19-17-14-11-8-5-2/h7,10,16,18,22,24,28-29,68H,4-6,8-9,11-15,17,19-21,23,25-27,30-67H2,1-3H3/b10-7-,18-16-,24-22-,29-28-. The molecule has 0 fully saturated rings. The van der Waals surface area contributed by atoms with Crippen molar-refractivity contribution in [3.63, 3.8) is 0 Å². The van der Waals surface area contributed by atoms with E-state index in [0.717, 1.165) is 83.5 Å². The van der Waals surface area contributed by atoms with Crippen molar-refractivity contribution in [1.29, 1.82) is 0 Å². The molecule has 0 aliphatic rings. The molecule has 0 aromatic heterocycles. The molecule has 0 amide bonds. The van der Waals surface area contributed by atoms with Crippen molar-refractivity contribution >= 4 is 17.9 Å². The smallest absolute Gasteiger partial charge is 0.306 e. The molecule has 1 atom stereocenters. The Labute approximate surface area is 479 Å². The van der Waals surface area contributed by atoms with Gasteiger partial charge in [-0.25, -0.2) is 0 Å².